The molecule has 102 valence electrons. The Balaban J connectivity index is 2.27. The largest absolute Gasteiger partial charge is 0.399 e. The smallest absolute Gasteiger partial charge is 0.243 e. The van der Waals surface area contributed by atoms with Gasteiger partial charge >= 0.3 is 0 Å². The maximum Gasteiger partial charge on any atom is 0.243 e. The molecule has 0 aliphatic carbocycles. The minimum Gasteiger partial charge on any atom is -0.399 e. The molecule has 0 aliphatic rings. The highest BCUT2D eigenvalue weighted by molar-refractivity contribution is 7.89. The molecule has 2 rings (SSSR count). The highest BCUT2D eigenvalue weighted by Gasteiger charge is 2.21. The van der Waals surface area contributed by atoms with Gasteiger partial charge in [-0.25, -0.2) is 8.42 Å². The number of aryl methyl sites for hydroxylation is 1. The normalized spacial score (nSPS) is 11.9. The minimum atomic E-state index is -3.49. The zero-order chi connectivity index (χ0) is 14.0. The summed E-state index contributed by atoms with van der Waals surface area (Å²) in [6, 6.07) is 8.34. The standard InChI is InChI=1S/C13H16N2O2S2/c1-10-6-7-18-13(10)9-15(2)19(16,17)12-5-3-4-11(14)8-12/h3-8H,9,14H2,1-2H3. The van der Waals surface area contributed by atoms with Gasteiger partial charge in [0, 0.05) is 24.2 Å². The Morgan fingerprint density at radius 3 is 2.63 bits per heavy atom. The van der Waals surface area contributed by atoms with E-state index in [2.05, 4.69) is 0 Å². The van der Waals surface area contributed by atoms with Crippen LogP contribution >= 0.6 is 11.3 Å². The molecule has 4 nitrogen and oxygen atoms in total. The van der Waals surface area contributed by atoms with Gasteiger partial charge in [0.25, 0.3) is 0 Å². The van der Waals surface area contributed by atoms with Gasteiger partial charge in [-0.05, 0) is 42.1 Å². The first-order valence-electron chi connectivity index (χ1n) is 5.76. The van der Waals surface area contributed by atoms with Crippen LogP contribution in [0.1, 0.15) is 10.4 Å². The van der Waals surface area contributed by atoms with E-state index >= 15 is 0 Å². The van der Waals surface area contributed by atoms with Crippen molar-refractivity contribution in [2.75, 3.05) is 12.8 Å². The molecule has 19 heavy (non-hydrogen) atoms. The third kappa shape index (κ3) is 2.97. The molecule has 0 saturated heterocycles. The van der Waals surface area contributed by atoms with Crippen LogP contribution in [0.25, 0.3) is 0 Å². The lowest BCUT2D eigenvalue weighted by Crippen LogP contribution is -2.26. The summed E-state index contributed by atoms with van der Waals surface area (Å²) in [6.45, 7) is 2.35. The number of hydrogen-bond donors (Lipinski definition) is 1. The maximum absolute atomic E-state index is 12.4. The summed E-state index contributed by atoms with van der Waals surface area (Å²) < 4.78 is 26.1. The first-order chi connectivity index (χ1) is 8.91. The first-order valence-corrected chi connectivity index (χ1v) is 8.08. The summed E-state index contributed by atoms with van der Waals surface area (Å²) in [4.78, 5) is 1.28. The fraction of sp³-hybridized carbons (Fsp3) is 0.231. The van der Waals surface area contributed by atoms with Crippen molar-refractivity contribution in [3.63, 3.8) is 0 Å². The van der Waals surface area contributed by atoms with Gasteiger partial charge in [-0.1, -0.05) is 6.07 Å². The molecule has 0 spiro atoms. The molecule has 0 fully saturated rings. The van der Waals surface area contributed by atoms with E-state index in [9.17, 15) is 8.42 Å². The molecule has 1 heterocycles. The molecule has 1 aromatic carbocycles. The second kappa shape index (κ2) is 5.32. The van der Waals surface area contributed by atoms with Crippen LogP contribution in [0, 0.1) is 6.92 Å². The molecule has 1 aromatic heterocycles. The molecule has 0 aliphatic heterocycles. The quantitative estimate of drug-likeness (QED) is 0.882. The Labute approximate surface area is 117 Å². The summed E-state index contributed by atoms with van der Waals surface area (Å²) in [6.07, 6.45) is 0. The number of nitrogen functional groups attached to an aromatic ring is 1. The van der Waals surface area contributed by atoms with Crippen LogP contribution in [0.2, 0.25) is 0 Å². The average molecular weight is 296 g/mol. The number of benzene rings is 1. The Hall–Kier alpha value is -1.37. The van der Waals surface area contributed by atoms with Crippen molar-refractivity contribution in [2.45, 2.75) is 18.4 Å². The molecule has 6 heteroatoms. The molecule has 0 bridgehead atoms. The SMILES string of the molecule is Cc1ccsc1CN(C)S(=O)(=O)c1cccc(N)c1. The third-order valence-electron chi connectivity index (χ3n) is 2.90. The number of rotatable bonds is 4. The van der Waals surface area contributed by atoms with Gasteiger partial charge < -0.3 is 5.73 Å². The van der Waals surface area contributed by atoms with Crippen LogP contribution in [0.5, 0.6) is 0 Å². The highest BCUT2D eigenvalue weighted by Crippen LogP contribution is 2.22. The second-order valence-corrected chi connectivity index (χ2v) is 7.41. The van der Waals surface area contributed by atoms with Crippen molar-refractivity contribution in [3.8, 4) is 0 Å². The van der Waals surface area contributed by atoms with Gasteiger partial charge in [0.15, 0.2) is 0 Å². The van der Waals surface area contributed by atoms with Gasteiger partial charge in [0.1, 0.15) is 0 Å². The number of thiophene rings is 1. The fourth-order valence-electron chi connectivity index (χ4n) is 1.71. The lowest BCUT2D eigenvalue weighted by atomic mass is 10.3. The second-order valence-electron chi connectivity index (χ2n) is 4.36. The Kier molecular flexibility index (Phi) is 3.93. The lowest BCUT2D eigenvalue weighted by molar-refractivity contribution is 0.469. The fourth-order valence-corrected chi connectivity index (χ4v) is 3.94. The minimum absolute atomic E-state index is 0.226. The van der Waals surface area contributed by atoms with Crippen LogP contribution in [0.4, 0.5) is 5.69 Å². The van der Waals surface area contributed by atoms with Gasteiger partial charge in [-0.2, -0.15) is 4.31 Å². The number of nitrogens with two attached hydrogens (primary N) is 1. The van der Waals surface area contributed by atoms with E-state index < -0.39 is 10.0 Å². The van der Waals surface area contributed by atoms with Crippen molar-refractivity contribution in [2.24, 2.45) is 0 Å². The van der Waals surface area contributed by atoms with Crippen LogP contribution < -0.4 is 5.73 Å². The van der Waals surface area contributed by atoms with Crippen molar-refractivity contribution in [1.82, 2.24) is 4.31 Å². The first kappa shape index (κ1) is 14.0. The third-order valence-corrected chi connectivity index (χ3v) is 5.71. The average Bonchev–Trinajstić information content (AvgIpc) is 2.75. The number of sulfonamides is 1. The molecule has 0 saturated carbocycles. The zero-order valence-corrected chi connectivity index (χ0v) is 12.5. The Bertz CT molecular complexity index is 677. The van der Waals surface area contributed by atoms with E-state index in [1.165, 1.54) is 10.4 Å². The summed E-state index contributed by atoms with van der Waals surface area (Å²) in [5.74, 6) is 0. The monoisotopic (exact) mass is 296 g/mol. The number of hydrogen-bond acceptors (Lipinski definition) is 4. The van der Waals surface area contributed by atoms with Crippen molar-refractivity contribution in [3.05, 3.63) is 46.2 Å². The van der Waals surface area contributed by atoms with Crippen LogP contribution in [-0.4, -0.2) is 19.8 Å². The summed E-state index contributed by atoms with van der Waals surface area (Å²) in [5, 5.41) is 1.96. The molecule has 2 aromatic rings. The molecule has 2 N–H and O–H groups in total. The highest BCUT2D eigenvalue weighted by atomic mass is 32.2. The van der Waals surface area contributed by atoms with E-state index in [4.69, 9.17) is 5.73 Å². The number of nitrogens with zero attached hydrogens (tertiary/aromatic N) is 1. The predicted octanol–water partition coefficient (Wildman–Crippen LogP) is 2.46. The van der Waals surface area contributed by atoms with Gasteiger partial charge in [-0.15, -0.1) is 11.3 Å². The number of anilines is 1. The van der Waals surface area contributed by atoms with Gasteiger partial charge in [-0.3, -0.25) is 0 Å². The molecular formula is C13H16N2O2S2. The van der Waals surface area contributed by atoms with Crippen molar-refractivity contribution < 1.29 is 8.42 Å². The van der Waals surface area contributed by atoms with Gasteiger partial charge in [0.05, 0.1) is 4.90 Å². The van der Waals surface area contributed by atoms with Crippen LogP contribution in [0.15, 0.2) is 40.6 Å². The molecule has 0 atom stereocenters. The lowest BCUT2D eigenvalue weighted by Gasteiger charge is -2.17. The molecule has 0 amide bonds. The molecule has 0 unspecified atom stereocenters. The van der Waals surface area contributed by atoms with E-state index in [-0.39, 0.29) is 4.90 Å². The Morgan fingerprint density at radius 1 is 1.32 bits per heavy atom. The molecule has 0 radical (unpaired) electrons. The van der Waals surface area contributed by atoms with E-state index in [1.54, 1.807) is 36.6 Å². The van der Waals surface area contributed by atoms with E-state index in [0.29, 0.717) is 12.2 Å². The Morgan fingerprint density at radius 2 is 2.05 bits per heavy atom. The molecular weight excluding hydrogens is 280 g/mol. The zero-order valence-electron chi connectivity index (χ0n) is 10.8. The summed E-state index contributed by atoms with van der Waals surface area (Å²) in [5.41, 5.74) is 7.19. The van der Waals surface area contributed by atoms with Crippen molar-refractivity contribution >= 4 is 27.0 Å². The van der Waals surface area contributed by atoms with E-state index in [1.807, 2.05) is 18.4 Å². The van der Waals surface area contributed by atoms with Crippen LogP contribution in [0.3, 0.4) is 0 Å². The van der Waals surface area contributed by atoms with Crippen LogP contribution in [-0.2, 0) is 16.6 Å². The summed E-state index contributed by atoms with van der Waals surface area (Å²) in [7, 11) is -1.91. The predicted molar refractivity (Wildman–Crippen MR) is 78.6 cm³/mol. The summed E-state index contributed by atoms with van der Waals surface area (Å²) >= 11 is 1.56. The topological polar surface area (TPSA) is 63.4 Å². The van der Waals surface area contributed by atoms with Crippen molar-refractivity contribution in [1.29, 1.82) is 0 Å². The van der Waals surface area contributed by atoms with E-state index in [0.717, 1.165) is 10.4 Å². The van der Waals surface area contributed by atoms with Gasteiger partial charge in [0.2, 0.25) is 10.0 Å². The maximum atomic E-state index is 12.4.